The van der Waals surface area contributed by atoms with E-state index in [9.17, 15) is 14.7 Å². The Morgan fingerprint density at radius 2 is 1.96 bits per heavy atom. The summed E-state index contributed by atoms with van der Waals surface area (Å²) >= 11 is 0. The summed E-state index contributed by atoms with van der Waals surface area (Å²) in [6.07, 6.45) is 4.52. The van der Waals surface area contributed by atoms with Crippen molar-refractivity contribution in [2.75, 3.05) is 0 Å². The third kappa shape index (κ3) is 3.59. The fourth-order valence-corrected chi connectivity index (χ4v) is 3.62. The van der Waals surface area contributed by atoms with Crippen LogP contribution in [0.15, 0.2) is 36.5 Å². The van der Waals surface area contributed by atoms with E-state index in [1.165, 1.54) is 6.20 Å². The van der Waals surface area contributed by atoms with Crippen molar-refractivity contribution in [3.05, 3.63) is 47.8 Å². The van der Waals surface area contributed by atoms with Gasteiger partial charge >= 0.3 is 5.97 Å². The number of hydrogen-bond donors (Lipinski definition) is 2. The van der Waals surface area contributed by atoms with Crippen LogP contribution in [0.5, 0.6) is 0 Å². The molecule has 2 N–H and O–H groups in total. The molecule has 6 nitrogen and oxygen atoms in total. The second-order valence-corrected chi connectivity index (χ2v) is 7.07. The average Bonchev–Trinajstić information content (AvgIpc) is 2.62. The molecule has 1 aliphatic rings. The lowest BCUT2D eigenvalue weighted by Crippen LogP contribution is -2.55. The second-order valence-electron chi connectivity index (χ2n) is 7.07. The number of carboxylic acids is 1. The van der Waals surface area contributed by atoms with E-state index >= 15 is 0 Å². The van der Waals surface area contributed by atoms with Gasteiger partial charge in [0.25, 0.3) is 5.91 Å². The summed E-state index contributed by atoms with van der Waals surface area (Å²) in [5.41, 5.74) is 1.07. The first-order valence-corrected chi connectivity index (χ1v) is 8.85. The van der Waals surface area contributed by atoms with E-state index in [2.05, 4.69) is 15.3 Å². The van der Waals surface area contributed by atoms with Gasteiger partial charge in [-0.1, -0.05) is 43.2 Å². The maximum Gasteiger partial charge on any atom is 0.308 e. The number of carbonyl (C=O) groups is 2. The van der Waals surface area contributed by atoms with Crippen LogP contribution in [0.4, 0.5) is 0 Å². The van der Waals surface area contributed by atoms with Crippen molar-refractivity contribution in [3.8, 4) is 11.4 Å². The summed E-state index contributed by atoms with van der Waals surface area (Å²) in [4.78, 5) is 33.1. The van der Waals surface area contributed by atoms with E-state index in [-0.39, 0.29) is 5.91 Å². The van der Waals surface area contributed by atoms with Crippen LogP contribution in [0.2, 0.25) is 0 Å². The van der Waals surface area contributed by atoms with Gasteiger partial charge in [0.15, 0.2) is 5.82 Å². The van der Waals surface area contributed by atoms with Crippen molar-refractivity contribution in [1.29, 1.82) is 0 Å². The molecule has 0 aliphatic heterocycles. The Morgan fingerprint density at radius 1 is 1.23 bits per heavy atom. The Balaban J connectivity index is 1.82. The number of hydrogen-bond acceptors (Lipinski definition) is 4. The monoisotopic (exact) mass is 353 g/mol. The number of amides is 1. The molecule has 1 amide bonds. The summed E-state index contributed by atoms with van der Waals surface area (Å²) < 4.78 is 0. The van der Waals surface area contributed by atoms with Crippen molar-refractivity contribution < 1.29 is 14.7 Å². The SMILES string of the molecule is Cc1nc(-c2ccccc2)ncc1C(=O)NC1(C)CCCCC1C(=O)O. The topological polar surface area (TPSA) is 92.2 Å². The minimum Gasteiger partial charge on any atom is -0.481 e. The van der Waals surface area contributed by atoms with Crippen LogP contribution in [-0.4, -0.2) is 32.5 Å². The summed E-state index contributed by atoms with van der Waals surface area (Å²) in [5, 5.41) is 12.4. The lowest BCUT2D eigenvalue weighted by molar-refractivity contribution is -0.145. The standard InChI is InChI=1S/C20H23N3O3/c1-13-15(12-21-17(22-13)14-8-4-3-5-9-14)18(24)23-20(2)11-7-6-10-16(20)19(25)26/h3-5,8-9,12,16H,6-7,10-11H2,1-2H3,(H,23,24)(H,25,26). The molecule has 3 rings (SSSR count). The molecule has 0 spiro atoms. The minimum absolute atomic E-state index is 0.322. The summed E-state index contributed by atoms with van der Waals surface area (Å²) in [6, 6.07) is 9.56. The van der Waals surface area contributed by atoms with E-state index in [0.717, 1.165) is 18.4 Å². The summed E-state index contributed by atoms with van der Waals surface area (Å²) in [6.45, 7) is 3.58. The van der Waals surface area contributed by atoms with E-state index in [1.54, 1.807) is 6.92 Å². The molecule has 0 saturated heterocycles. The van der Waals surface area contributed by atoms with Crippen LogP contribution in [0, 0.1) is 12.8 Å². The van der Waals surface area contributed by atoms with Crippen molar-refractivity contribution in [3.63, 3.8) is 0 Å². The first kappa shape index (κ1) is 18.0. The maximum atomic E-state index is 12.8. The first-order chi connectivity index (χ1) is 12.4. The second kappa shape index (κ2) is 7.23. The van der Waals surface area contributed by atoms with Gasteiger partial charge in [0.1, 0.15) is 0 Å². The maximum absolute atomic E-state index is 12.8. The largest absolute Gasteiger partial charge is 0.481 e. The van der Waals surface area contributed by atoms with Gasteiger partial charge in [-0.2, -0.15) is 0 Å². The molecule has 2 unspecified atom stereocenters. The summed E-state index contributed by atoms with van der Waals surface area (Å²) in [5.74, 6) is -1.20. The van der Waals surface area contributed by atoms with Crippen LogP contribution in [0.25, 0.3) is 11.4 Å². The lowest BCUT2D eigenvalue weighted by Gasteiger charge is -2.39. The Hall–Kier alpha value is -2.76. The quantitative estimate of drug-likeness (QED) is 0.880. The van der Waals surface area contributed by atoms with Crippen molar-refractivity contribution in [2.45, 2.75) is 45.1 Å². The number of aryl methyl sites for hydroxylation is 1. The van der Waals surface area contributed by atoms with Crippen molar-refractivity contribution in [1.82, 2.24) is 15.3 Å². The molecule has 1 fully saturated rings. The van der Waals surface area contributed by atoms with Crippen LogP contribution < -0.4 is 5.32 Å². The molecule has 1 saturated carbocycles. The van der Waals surface area contributed by atoms with E-state index in [1.807, 2.05) is 37.3 Å². The predicted molar refractivity (Wildman–Crippen MR) is 97.7 cm³/mol. The molecule has 1 aromatic carbocycles. The Morgan fingerprint density at radius 3 is 2.62 bits per heavy atom. The fourth-order valence-electron chi connectivity index (χ4n) is 3.62. The average molecular weight is 353 g/mol. The fraction of sp³-hybridized carbons (Fsp3) is 0.400. The Bertz CT molecular complexity index is 822. The molecule has 0 radical (unpaired) electrons. The van der Waals surface area contributed by atoms with Gasteiger partial charge in [0.05, 0.1) is 22.7 Å². The number of aliphatic carboxylic acids is 1. The van der Waals surface area contributed by atoms with Crippen LogP contribution in [-0.2, 0) is 4.79 Å². The number of nitrogens with zero attached hydrogens (tertiary/aromatic N) is 2. The van der Waals surface area contributed by atoms with Gasteiger partial charge in [-0.25, -0.2) is 9.97 Å². The van der Waals surface area contributed by atoms with Gasteiger partial charge < -0.3 is 10.4 Å². The van der Waals surface area contributed by atoms with Gasteiger partial charge in [-0.15, -0.1) is 0 Å². The van der Waals surface area contributed by atoms with Crippen molar-refractivity contribution in [2.24, 2.45) is 5.92 Å². The van der Waals surface area contributed by atoms with Gasteiger partial charge in [-0.3, -0.25) is 9.59 Å². The van der Waals surface area contributed by atoms with E-state index < -0.39 is 17.4 Å². The number of benzene rings is 1. The molecular weight excluding hydrogens is 330 g/mol. The van der Waals surface area contributed by atoms with E-state index in [0.29, 0.717) is 29.9 Å². The van der Waals surface area contributed by atoms with E-state index in [4.69, 9.17) is 0 Å². The number of carbonyl (C=O) groups excluding carboxylic acids is 1. The molecule has 2 atom stereocenters. The number of rotatable bonds is 4. The third-order valence-electron chi connectivity index (χ3n) is 5.16. The Labute approximate surface area is 152 Å². The zero-order valence-corrected chi connectivity index (χ0v) is 15.0. The normalized spacial score (nSPS) is 22.6. The zero-order chi connectivity index (χ0) is 18.7. The third-order valence-corrected chi connectivity index (χ3v) is 5.16. The molecule has 1 heterocycles. The number of nitrogens with one attached hydrogen (secondary N) is 1. The molecule has 0 bridgehead atoms. The first-order valence-electron chi connectivity index (χ1n) is 8.85. The highest BCUT2D eigenvalue weighted by atomic mass is 16.4. The van der Waals surface area contributed by atoms with Crippen LogP contribution in [0.1, 0.15) is 48.7 Å². The predicted octanol–water partition coefficient (Wildman–Crippen LogP) is 3.22. The molecule has 2 aromatic rings. The highest BCUT2D eigenvalue weighted by Gasteiger charge is 2.42. The lowest BCUT2D eigenvalue weighted by atomic mass is 9.73. The highest BCUT2D eigenvalue weighted by molar-refractivity contribution is 5.96. The molecule has 1 aromatic heterocycles. The highest BCUT2D eigenvalue weighted by Crippen LogP contribution is 2.34. The van der Waals surface area contributed by atoms with Crippen LogP contribution >= 0.6 is 0 Å². The molecular formula is C20H23N3O3. The molecule has 26 heavy (non-hydrogen) atoms. The van der Waals surface area contributed by atoms with Crippen molar-refractivity contribution >= 4 is 11.9 Å². The molecule has 1 aliphatic carbocycles. The van der Waals surface area contributed by atoms with Crippen LogP contribution in [0.3, 0.4) is 0 Å². The number of aromatic nitrogens is 2. The smallest absolute Gasteiger partial charge is 0.308 e. The molecule has 136 valence electrons. The minimum atomic E-state index is -0.861. The molecule has 6 heteroatoms. The van der Waals surface area contributed by atoms with Gasteiger partial charge in [-0.05, 0) is 26.7 Å². The van der Waals surface area contributed by atoms with Gasteiger partial charge in [0.2, 0.25) is 0 Å². The number of carboxylic acid groups (broad SMARTS) is 1. The van der Waals surface area contributed by atoms with Gasteiger partial charge in [0, 0.05) is 11.8 Å². The Kier molecular flexibility index (Phi) is 5.02. The zero-order valence-electron chi connectivity index (χ0n) is 15.0. The summed E-state index contributed by atoms with van der Waals surface area (Å²) in [7, 11) is 0.